The van der Waals surface area contributed by atoms with Crippen molar-refractivity contribution in [3.8, 4) is 0 Å². The lowest BCUT2D eigenvalue weighted by Crippen LogP contribution is -2.59. The molecule has 2 N–H and O–H groups in total. The summed E-state index contributed by atoms with van der Waals surface area (Å²) in [6.07, 6.45) is 6.68. The first kappa shape index (κ1) is 18.7. The van der Waals surface area contributed by atoms with Crippen molar-refractivity contribution >= 4 is 5.97 Å². The molecule has 5 heteroatoms. The van der Waals surface area contributed by atoms with Crippen LogP contribution in [0.5, 0.6) is 0 Å². The minimum absolute atomic E-state index is 0.0938. The van der Waals surface area contributed by atoms with Crippen molar-refractivity contribution in [2.45, 2.75) is 77.4 Å². The summed E-state index contributed by atoms with van der Waals surface area (Å²) < 4.78 is 4.82. The van der Waals surface area contributed by atoms with Gasteiger partial charge in [0, 0.05) is 6.79 Å². The molecule has 0 heterocycles. The molecule has 9 atom stereocenters. The lowest BCUT2D eigenvalue weighted by molar-refractivity contribution is -0.422. The summed E-state index contributed by atoms with van der Waals surface area (Å²) >= 11 is 0. The van der Waals surface area contributed by atoms with Gasteiger partial charge in [0.15, 0.2) is 0 Å². The van der Waals surface area contributed by atoms with Gasteiger partial charge in [0.1, 0.15) is 0 Å². The molecule has 26 heavy (non-hydrogen) atoms. The van der Waals surface area contributed by atoms with Crippen LogP contribution in [0, 0.1) is 40.4 Å². The average Bonchev–Trinajstić information content (AvgIpc) is 2.92. The molecule has 0 amide bonds. The number of carbonyl (C=O) groups excluding carboxylic acids is 1. The molecular weight excluding hydrogens is 332 g/mol. The molecule has 4 aliphatic carbocycles. The summed E-state index contributed by atoms with van der Waals surface area (Å²) in [6.45, 7) is 3.66. The molecule has 148 valence electrons. The third-order valence-electron chi connectivity index (χ3n) is 9.05. The third kappa shape index (κ3) is 2.57. The first-order valence-corrected chi connectivity index (χ1v) is 10.4. The Morgan fingerprint density at radius 3 is 2.62 bits per heavy atom. The zero-order valence-electron chi connectivity index (χ0n) is 16.0. The quantitative estimate of drug-likeness (QED) is 0.576. The molecule has 5 nitrogen and oxygen atoms in total. The average molecular weight is 365 g/mol. The van der Waals surface area contributed by atoms with Gasteiger partial charge in [0.2, 0.25) is 0 Å². The summed E-state index contributed by atoms with van der Waals surface area (Å²) in [5.41, 5.74) is -0.166. The number of carbonyl (C=O) groups is 1. The number of hydrogen-bond donors (Lipinski definition) is 2. The van der Waals surface area contributed by atoms with Crippen LogP contribution < -0.4 is 5.11 Å². The number of rotatable bonds is 2. The van der Waals surface area contributed by atoms with Gasteiger partial charge in [-0.15, -0.1) is 0 Å². The highest BCUT2D eigenvalue weighted by molar-refractivity contribution is 5.74. The first-order valence-electron chi connectivity index (χ1n) is 10.4. The molecular formula is C21H33O5-. The summed E-state index contributed by atoms with van der Waals surface area (Å²) in [4.78, 5) is 12.4. The number of fused-ring (bicyclic) bond motifs is 5. The van der Waals surface area contributed by atoms with Gasteiger partial charge in [-0.2, -0.15) is 0 Å². The summed E-state index contributed by atoms with van der Waals surface area (Å²) in [5.74, 6) is 0.998. The van der Waals surface area contributed by atoms with Gasteiger partial charge in [0.25, 0.3) is 0 Å². The zero-order valence-corrected chi connectivity index (χ0v) is 16.0. The maximum atomic E-state index is 12.4. The Morgan fingerprint density at radius 2 is 1.88 bits per heavy atom. The normalized spacial score (nSPS) is 53.3. The minimum Gasteiger partial charge on any atom is -0.824 e. The first-order chi connectivity index (χ1) is 12.3. The van der Waals surface area contributed by atoms with Crippen molar-refractivity contribution in [1.29, 1.82) is 0 Å². The van der Waals surface area contributed by atoms with Crippen molar-refractivity contribution in [1.82, 2.24) is 0 Å². The number of aliphatic hydroxyl groups is 2. The van der Waals surface area contributed by atoms with Gasteiger partial charge < -0.3 is 20.1 Å². The van der Waals surface area contributed by atoms with E-state index in [0.717, 1.165) is 44.9 Å². The van der Waals surface area contributed by atoms with Gasteiger partial charge in [-0.3, -0.25) is 4.79 Å². The van der Waals surface area contributed by atoms with Crippen LogP contribution in [0.15, 0.2) is 0 Å². The molecule has 4 aliphatic rings. The fourth-order valence-electron chi connectivity index (χ4n) is 7.91. The molecule has 4 rings (SSSR count). The molecule has 0 aliphatic heterocycles. The standard InChI is InChI=1S/C21H33O5/c1-20-8-7-13(23)9-12(20)3-4-14-15-5-6-16(19(25)26-11-22)21(15,2)10-17(24)18(14)20/h12-18,23-24H,3-11H2,1-2H3/q-1/t12-,13-,14?,15?,16-,17+,18?,20+,21+/m1/s1. The van der Waals surface area contributed by atoms with E-state index in [2.05, 4.69) is 13.8 Å². The van der Waals surface area contributed by atoms with Gasteiger partial charge in [-0.05, 0) is 85.9 Å². The molecule has 4 saturated carbocycles. The Labute approximate surface area is 156 Å². The molecule has 0 saturated heterocycles. The summed E-state index contributed by atoms with van der Waals surface area (Å²) in [5, 5.41) is 32.1. The van der Waals surface area contributed by atoms with E-state index in [1.54, 1.807) is 0 Å². The van der Waals surface area contributed by atoms with Crippen molar-refractivity contribution in [3.05, 3.63) is 0 Å². The smallest absolute Gasteiger partial charge is 0.308 e. The van der Waals surface area contributed by atoms with Crippen molar-refractivity contribution in [2.75, 3.05) is 6.79 Å². The number of hydrogen-bond acceptors (Lipinski definition) is 5. The van der Waals surface area contributed by atoms with E-state index >= 15 is 0 Å². The van der Waals surface area contributed by atoms with E-state index in [-0.39, 0.29) is 34.7 Å². The van der Waals surface area contributed by atoms with Crippen LogP contribution in [0.4, 0.5) is 0 Å². The van der Waals surface area contributed by atoms with E-state index < -0.39 is 12.9 Å². The molecule has 3 unspecified atom stereocenters. The van der Waals surface area contributed by atoms with Gasteiger partial charge in [0.05, 0.1) is 18.1 Å². The maximum Gasteiger partial charge on any atom is 0.308 e. The highest BCUT2D eigenvalue weighted by Gasteiger charge is 2.64. The van der Waals surface area contributed by atoms with E-state index in [4.69, 9.17) is 4.74 Å². The second-order valence-electron chi connectivity index (χ2n) is 9.99. The Kier molecular flexibility index (Phi) is 4.64. The Balaban J connectivity index is 1.62. The number of aliphatic hydroxyl groups excluding tert-OH is 2. The van der Waals surface area contributed by atoms with Crippen LogP contribution >= 0.6 is 0 Å². The van der Waals surface area contributed by atoms with Crippen LogP contribution in [0.25, 0.3) is 0 Å². The number of esters is 1. The third-order valence-corrected chi connectivity index (χ3v) is 9.05. The molecule has 0 aromatic carbocycles. The molecule has 0 aromatic heterocycles. The Hall–Kier alpha value is -0.650. The second-order valence-corrected chi connectivity index (χ2v) is 9.99. The predicted octanol–water partition coefficient (Wildman–Crippen LogP) is 1.84. The van der Waals surface area contributed by atoms with Gasteiger partial charge >= 0.3 is 5.97 Å². The van der Waals surface area contributed by atoms with Crippen LogP contribution in [-0.4, -0.2) is 35.2 Å². The Morgan fingerprint density at radius 1 is 1.12 bits per heavy atom. The van der Waals surface area contributed by atoms with Crippen LogP contribution in [0.3, 0.4) is 0 Å². The van der Waals surface area contributed by atoms with Gasteiger partial charge in [-0.25, -0.2) is 0 Å². The fraction of sp³-hybridized carbons (Fsp3) is 0.952. The Bertz CT molecular complexity index is 565. The molecule has 0 radical (unpaired) electrons. The molecule has 0 aromatic rings. The lowest BCUT2D eigenvalue weighted by Gasteiger charge is -2.62. The van der Waals surface area contributed by atoms with Crippen molar-refractivity contribution < 1.29 is 24.9 Å². The summed E-state index contributed by atoms with van der Waals surface area (Å²) in [6, 6.07) is 0. The van der Waals surface area contributed by atoms with Crippen molar-refractivity contribution in [2.24, 2.45) is 40.4 Å². The topological polar surface area (TPSA) is 89.8 Å². The molecule has 0 bridgehead atoms. The van der Waals surface area contributed by atoms with Crippen LogP contribution in [0.1, 0.15) is 65.2 Å². The number of ether oxygens (including phenoxy) is 1. The van der Waals surface area contributed by atoms with Crippen molar-refractivity contribution in [3.63, 3.8) is 0 Å². The van der Waals surface area contributed by atoms with E-state index in [9.17, 15) is 20.1 Å². The highest BCUT2D eigenvalue weighted by atomic mass is 16.6. The molecule has 0 spiro atoms. The van der Waals surface area contributed by atoms with Gasteiger partial charge in [-0.1, -0.05) is 13.8 Å². The molecule has 4 fully saturated rings. The minimum atomic E-state index is -0.813. The monoisotopic (exact) mass is 365 g/mol. The second kappa shape index (κ2) is 6.46. The maximum absolute atomic E-state index is 12.4. The summed E-state index contributed by atoms with van der Waals surface area (Å²) in [7, 11) is 0. The lowest BCUT2D eigenvalue weighted by atomic mass is 9.44. The van der Waals surface area contributed by atoms with Crippen LogP contribution in [-0.2, 0) is 9.53 Å². The SMILES string of the molecule is C[C@]12C[C@H](O)C3C(CC[C@@H]4C[C@H](O)CC[C@]34C)C1CC[C@@H]2C(=O)OC[O-]. The van der Waals surface area contributed by atoms with Crippen LogP contribution in [0.2, 0.25) is 0 Å². The fourth-order valence-corrected chi connectivity index (χ4v) is 7.91. The zero-order chi connectivity index (χ0) is 18.7. The van der Waals surface area contributed by atoms with E-state index in [1.165, 1.54) is 0 Å². The largest absolute Gasteiger partial charge is 0.824 e. The van der Waals surface area contributed by atoms with E-state index in [1.807, 2.05) is 0 Å². The highest BCUT2D eigenvalue weighted by Crippen LogP contribution is 2.67. The predicted molar refractivity (Wildman–Crippen MR) is 93.6 cm³/mol. The van der Waals surface area contributed by atoms with E-state index in [0.29, 0.717) is 24.2 Å².